The van der Waals surface area contributed by atoms with E-state index in [9.17, 15) is 33.6 Å². The van der Waals surface area contributed by atoms with Gasteiger partial charge in [-0.15, -0.1) is 0 Å². The van der Waals surface area contributed by atoms with Gasteiger partial charge in [-0.05, 0) is 6.92 Å². The highest BCUT2D eigenvalue weighted by Crippen LogP contribution is 2.65. The molecule has 0 spiro atoms. The largest absolute Gasteiger partial charge is 0.489 e. The smallest absolute Gasteiger partial charge is 0.396 e. The fourth-order valence-electron chi connectivity index (χ4n) is 2.66. The fourth-order valence-corrected chi connectivity index (χ4v) is 5.80. The van der Waals surface area contributed by atoms with Crippen LogP contribution in [0.4, 0.5) is 5.95 Å². The summed E-state index contributed by atoms with van der Waals surface area (Å²) in [5.41, 5.74) is 7.98. The second-order valence-electron chi connectivity index (χ2n) is 6.82. The van der Waals surface area contributed by atoms with Crippen LogP contribution in [0.15, 0.2) is 11.1 Å². The second kappa shape index (κ2) is 10.6. The van der Waals surface area contributed by atoms with Crippen LogP contribution in [0.5, 0.6) is 0 Å². The number of rotatable bonds is 13. The number of aliphatic hydroxyl groups excluding tert-OH is 1. The second-order valence-corrected chi connectivity index (χ2v) is 11.4. The minimum Gasteiger partial charge on any atom is -0.396 e. The lowest BCUT2D eigenvalue weighted by Crippen LogP contribution is -2.39. The van der Waals surface area contributed by atoms with Gasteiger partial charge < -0.3 is 35.4 Å². The number of hydrogen-bond donors (Lipinski definition) is 8. The first-order chi connectivity index (χ1) is 15.5. The van der Waals surface area contributed by atoms with E-state index < -0.39 is 60.6 Å². The first kappa shape index (κ1) is 28.7. The van der Waals surface area contributed by atoms with Crippen LogP contribution in [0.25, 0.3) is 11.2 Å². The molecule has 0 amide bonds. The Morgan fingerprint density at radius 3 is 2.47 bits per heavy atom. The third kappa shape index (κ3) is 8.00. The lowest BCUT2D eigenvalue weighted by Gasteiger charge is -2.33. The molecule has 10 N–H and O–H groups in total. The van der Waals surface area contributed by atoms with Crippen LogP contribution in [0.2, 0.25) is 0 Å². The number of nitrogens with zero attached hydrogens (tertiary/aromatic N) is 3. The maximum Gasteiger partial charge on any atom is 0.489 e. The lowest BCUT2D eigenvalue weighted by molar-refractivity contribution is -0.147. The van der Waals surface area contributed by atoms with E-state index in [1.54, 1.807) is 0 Å². The Balaban J connectivity index is 2.16. The number of fused-ring (bicyclic) bond motifs is 1. The van der Waals surface area contributed by atoms with E-state index in [1.165, 1.54) is 6.92 Å². The minimum absolute atomic E-state index is 0.0750. The molecule has 194 valence electrons. The van der Waals surface area contributed by atoms with Crippen LogP contribution < -0.4 is 16.8 Å². The molecule has 22 heteroatoms. The monoisotopic (exact) mass is 552 g/mol. The van der Waals surface area contributed by atoms with Crippen molar-refractivity contribution in [2.24, 2.45) is 5.50 Å². The molecule has 0 aliphatic carbocycles. The summed E-state index contributed by atoms with van der Waals surface area (Å²) in [6.45, 7) is -0.402. The molecule has 0 aromatic carbocycles. The molecule has 4 atom stereocenters. The predicted molar refractivity (Wildman–Crippen MR) is 112 cm³/mol. The molecule has 4 unspecified atom stereocenters. The predicted octanol–water partition coefficient (Wildman–Crippen LogP) is -1.34. The quantitative estimate of drug-likeness (QED) is 0.105. The molecular formula is C12H23N6O13P3. The highest BCUT2D eigenvalue weighted by molar-refractivity contribution is 7.67. The van der Waals surface area contributed by atoms with Gasteiger partial charge in [0.2, 0.25) is 5.95 Å². The van der Waals surface area contributed by atoms with Gasteiger partial charge >= 0.3 is 23.4 Å². The van der Waals surface area contributed by atoms with E-state index in [2.05, 4.69) is 28.1 Å². The summed E-state index contributed by atoms with van der Waals surface area (Å²) in [5.74, 6) is -0.254. The Morgan fingerprint density at radius 2 is 1.88 bits per heavy atom. The third-order valence-electron chi connectivity index (χ3n) is 3.91. The molecule has 0 radical (unpaired) electrons. The number of anilines is 1. The van der Waals surface area contributed by atoms with Gasteiger partial charge in [0.1, 0.15) is 5.60 Å². The molecule has 2 aromatic rings. The van der Waals surface area contributed by atoms with Crippen molar-refractivity contribution in [1.29, 1.82) is 0 Å². The third-order valence-corrected chi connectivity index (χ3v) is 7.86. The Bertz CT molecular complexity index is 1210. The molecule has 2 rings (SSSR count). The summed E-state index contributed by atoms with van der Waals surface area (Å²) in [7, 11) is -15.9. The zero-order valence-electron chi connectivity index (χ0n) is 17.3. The van der Waals surface area contributed by atoms with Gasteiger partial charge in [0.25, 0.3) is 5.56 Å². The summed E-state index contributed by atoms with van der Waals surface area (Å²) in [6, 6.07) is 0. The summed E-state index contributed by atoms with van der Waals surface area (Å²) in [4.78, 5) is 48.4. The van der Waals surface area contributed by atoms with Gasteiger partial charge in [0.15, 0.2) is 17.4 Å². The van der Waals surface area contributed by atoms with Crippen molar-refractivity contribution >= 4 is 40.5 Å². The highest BCUT2D eigenvalue weighted by atomic mass is 31.3. The van der Waals surface area contributed by atoms with Crippen molar-refractivity contribution in [2.45, 2.75) is 25.2 Å². The van der Waals surface area contributed by atoms with Crippen molar-refractivity contribution in [2.75, 3.05) is 25.6 Å². The minimum atomic E-state index is -5.57. The van der Waals surface area contributed by atoms with E-state index >= 15 is 0 Å². The molecule has 0 saturated heterocycles. The number of hydrogen-bond acceptors (Lipinski definition) is 13. The molecule has 0 saturated carbocycles. The molecule has 0 aliphatic rings. The average molecular weight is 552 g/mol. The Hall–Kier alpha value is -1.56. The van der Waals surface area contributed by atoms with Crippen LogP contribution in [-0.2, 0) is 31.6 Å². The van der Waals surface area contributed by atoms with Gasteiger partial charge in [-0.1, -0.05) is 0 Å². The van der Waals surface area contributed by atoms with E-state index in [-0.39, 0.29) is 23.5 Å². The first-order valence-corrected chi connectivity index (χ1v) is 13.6. The number of aromatic nitrogens is 4. The molecule has 0 bridgehead atoms. The van der Waals surface area contributed by atoms with Crippen LogP contribution >= 0.6 is 23.4 Å². The molecule has 2 aromatic heterocycles. The lowest BCUT2D eigenvalue weighted by atomic mass is 10.0. The molecule has 2 heterocycles. The Morgan fingerprint density at radius 1 is 1.24 bits per heavy atom. The summed E-state index contributed by atoms with van der Waals surface area (Å²) in [6.07, 6.45) is -0.479. The van der Waals surface area contributed by atoms with Gasteiger partial charge in [-0.2, -0.15) is 13.6 Å². The van der Waals surface area contributed by atoms with Crippen molar-refractivity contribution in [3.63, 3.8) is 0 Å². The summed E-state index contributed by atoms with van der Waals surface area (Å²) in [5, 5.41) is 20.1. The number of ether oxygens (including phenoxy) is 1. The van der Waals surface area contributed by atoms with Crippen LogP contribution in [0.1, 0.15) is 19.6 Å². The molecular weight excluding hydrogens is 529 g/mol. The molecule has 34 heavy (non-hydrogen) atoms. The summed E-state index contributed by atoms with van der Waals surface area (Å²) >= 11 is 0. The fraction of sp³-hybridized carbons (Fsp3) is 0.583. The number of aliphatic hydroxyl groups is 2. The number of nitrogens with two attached hydrogens (primary N) is 2. The van der Waals surface area contributed by atoms with Gasteiger partial charge in [0, 0.05) is 13.0 Å². The standard InChI is InChI=1S/C12H23N6O13P3/c1-12(21,2-3-19)10(18-6-15-7-8(18)16-11(13)17-9(7)20)28-4-5-29-32(14,22)30-34(26,27)31-33(23,24)25/h6,10,19,21H,2-5H2,1H3,(H2,14,22)(H,26,27)(H2,23,24,25)(H3,13,16,17,20). The SMILES string of the molecule is CC(O)(CCO)C(OCCOP(N)(=O)OP(=O)(O)OP(=O)(O)O)n1cnc2c(=O)[nH]c(N)nc21. The van der Waals surface area contributed by atoms with Crippen LogP contribution in [0, 0.1) is 0 Å². The number of phosphoric acid groups is 2. The highest BCUT2D eigenvalue weighted by Gasteiger charge is 2.40. The number of imidazole rings is 1. The van der Waals surface area contributed by atoms with E-state index in [0.717, 1.165) is 10.9 Å². The van der Waals surface area contributed by atoms with Crippen molar-refractivity contribution in [1.82, 2.24) is 19.5 Å². The van der Waals surface area contributed by atoms with Crippen molar-refractivity contribution < 1.29 is 56.5 Å². The maximum absolute atomic E-state index is 12.0. The van der Waals surface area contributed by atoms with Crippen LogP contribution in [0.3, 0.4) is 0 Å². The molecule has 0 fully saturated rings. The van der Waals surface area contributed by atoms with Gasteiger partial charge in [-0.25, -0.2) is 24.2 Å². The van der Waals surface area contributed by atoms with E-state index in [4.69, 9.17) is 25.8 Å². The number of nitrogen functional groups attached to an aromatic ring is 1. The zero-order chi connectivity index (χ0) is 25.9. The maximum atomic E-state index is 12.0. The van der Waals surface area contributed by atoms with E-state index in [1.807, 2.05) is 0 Å². The Labute approximate surface area is 190 Å². The van der Waals surface area contributed by atoms with Gasteiger partial charge in [-0.3, -0.25) is 18.9 Å². The number of nitrogens with one attached hydrogen (secondary N) is 1. The topological polar surface area (TPSA) is 305 Å². The molecule has 19 nitrogen and oxygen atoms in total. The number of aromatic amines is 1. The summed E-state index contributed by atoms with van der Waals surface area (Å²) < 4.78 is 52.8. The van der Waals surface area contributed by atoms with E-state index in [0.29, 0.717) is 0 Å². The first-order valence-electron chi connectivity index (χ1n) is 8.98. The molecule has 0 aliphatic heterocycles. The average Bonchev–Trinajstić information content (AvgIpc) is 3.01. The van der Waals surface area contributed by atoms with Gasteiger partial charge in [0.05, 0.1) is 19.5 Å². The van der Waals surface area contributed by atoms with Crippen molar-refractivity contribution in [3.05, 3.63) is 16.7 Å². The van der Waals surface area contributed by atoms with Crippen LogP contribution in [-0.4, -0.2) is 69.8 Å². The Kier molecular flexibility index (Phi) is 8.93. The normalized spacial score (nSPS) is 18.8. The number of H-pyrrole nitrogens is 1. The van der Waals surface area contributed by atoms with Crippen molar-refractivity contribution in [3.8, 4) is 0 Å². The zero-order valence-corrected chi connectivity index (χ0v) is 20.0.